The summed E-state index contributed by atoms with van der Waals surface area (Å²) in [7, 11) is -6.72. The molecule has 9 heteroatoms. The van der Waals surface area contributed by atoms with Crippen LogP contribution < -0.4 is 0 Å². The Hall–Kier alpha value is -0.440. The van der Waals surface area contributed by atoms with Crippen molar-refractivity contribution in [3.05, 3.63) is 0 Å². The van der Waals surface area contributed by atoms with Crippen LogP contribution in [-0.2, 0) is 15.0 Å². The fourth-order valence-electron chi connectivity index (χ4n) is 0.547. The van der Waals surface area contributed by atoms with E-state index in [-0.39, 0.29) is 13.8 Å². The van der Waals surface area contributed by atoms with Gasteiger partial charge in [-0.15, -0.1) is 0 Å². The topological polar surface area (TPSA) is 43.4 Å². The molecule has 0 fully saturated rings. The lowest BCUT2D eigenvalue weighted by Crippen LogP contribution is -2.48. The average molecular weight is 272 g/mol. The Morgan fingerprint density at radius 3 is 1.88 bits per heavy atom. The van der Waals surface area contributed by atoms with Crippen molar-refractivity contribution in [1.82, 2.24) is 0 Å². The van der Waals surface area contributed by atoms with Gasteiger partial charge in [0.05, 0.1) is 6.10 Å². The van der Waals surface area contributed by atoms with Crippen molar-refractivity contribution >= 4 is 10.2 Å². The fourth-order valence-corrected chi connectivity index (χ4v) is 0.878. The molecule has 0 heterocycles. The van der Waals surface area contributed by atoms with Crippen molar-refractivity contribution in [2.75, 3.05) is 0 Å². The highest BCUT2D eigenvalue weighted by Gasteiger charge is 2.68. The SMILES string of the molecule is C.CCC(C)OC(F)(F)C(F)(F)S(=O)(=O)F. The van der Waals surface area contributed by atoms with Crippen LogP contribution in [0.1, 0.15) is 27.7 Å². The fraction of sp³-hybridized carbons (Fsp3) is 1.00. The lowest BCUT2D eigenvalue weighted by atomic mass is 10.3. The lowest BCUT2D eigenvalue weighted by molar-refractivity contribution is -0.332. The van der Waals surface area contributed by atoms with Crippen LogP contribution in [0.5, 0.6) is 0 Å². The van der Waals surface area contributed by atoms with E-state index in [2.05, 4.69) is 4.74 Å². The third kappa shape index (κ3) is 3.55. The average Bonchev–Trinajstić information content (AvgIpc) is 2.00. The summed E-state index contributed by atoms with van der Waals surface area (Å²) in [5.74, 6) is 0. The first-order chi connectivity index (χ1) is 6.45. The van der Waals surface area contributed by atoms with Gasteiger partial charge < -0.3 is 4.74 Å². The minimum Gasteiger partial charge on any atom is -0.312 e. The molecule has 0 aliphatic rings. The van der Waals surface area contributed by atoms with Crippen LogP contribution in [0.25, 0.3) is 0 Å². The molecule has 100 valence electrons. The van der Waals surface area contributed by atoms with Crippen molar-refractivity contribution in [2.24, 2.45) is 0 Å². The van der Waals surface area contributed by atoms with E-state index in [0.29, 0.717) is 0 Å². The predicted molar refractivity (Wildman–Crippen MR) is 47.5 cm³/mol. The maximum Gasteiger partial charge on any atom is 0.464 e. The highest BCUT2D eigenvalue weighted by molar-refractivity contribution is 7.87. The van der Waals surface area contributed by atoms with Crippen LogP contribution in [0.4, 0.5) is 21.4 Å². The summed E-state index contributed by atoms with van der Waals surface area (Å²) in [5, 5.41) is -5.89. The molecule has 0 amide bonds. The first-order valence-electron chi connectivity index (χ1n) is 3.83. The molecule has 0 rings (SSSR count). The lowest BCUT2D eigenvalue weighted by Gasteiger charge is -2.25. The normalized spacial score (nSPS) is 15.4. The van der Waals surface area contributed by atoms with Crippen LogP contribution in [0.3, 0.4) is 0 Å². The molecule has 1 atom stereocenters. The van der Waals surface area contributed by atoms with Gasteiger partial charge in [-0.2, -0.15) is 26.0 Å². The van der Waals surface area contributed by atoms with Crippen LogP contribution in [0.15, 0.2) is 0 Å². The summed E-state index contributed by atoms with van der Waals surface area (Å²) in [6, 6.07) is 0. The van der Waals surface area contributed by atoms with Gasteiger partial charge in [0.25, 0.3) is 0 Å². The summed E-state index contributed by atoms with van der Waals surface area (Å²) < 4.78 is 84.8. The molecule has 0 aliphatic carbocycles. The number of alkyl halides is 4. The molecule has 0 radical (unpaired) electrons. The Labute approximate surface area is 90.8 Å². The smallest absolute Gasteiger partial charge is 0.312 e. The van der Waals surface area contributed by atoms with E-state index < -0.39 is 27.7 Å². The van der Waals surface area contributed by atoms with E-state index in [4.69, 9.17) is 0 Å². The summed E-state index contributed by atoms with van der Waals surface area (Å²) in [5.41, 5.74) is 0. The molecule has 0 saturated carbocycles. The largest absolute Gasteiger partial charge is 0.464 e. The van der Waals surface area contributed by atoms with Gasteiger partial charge in [-0.3, -0.25) is 0 Å². The summed E-state index contributed by atoms with van der Waals surface area (Å²) in [6.45, 7) is 2.37. The molecule has 0 bridgehead atoms. The third-order valence-corrected chi connectivity index (χ3v) is 2.42. The zero-order valence-electron chi connectivity index (χ0n) is 7.81. The summed E-state index contributed by atoms with van der Waals surface area (Å²) in [6.07, 6.45) is -6.78. The Morgan fingerprint density at radius 2 is 1.62 bits per heavy atom. The van der Waals surface area contributed by atoms with Crippen LogP contribution in [0.2, 0.25) is 0 Å². The monoisotopic (exact) mass is 272 g/mol. The first-order valence-corrected chi connectivity index (χ1v) is 5.21. The molecule has 0 aromatic heterocycles. The Morgan fingerprint density at radius 1 is 1.25 bits per heavy atom. The maximum atomic E-state index is 12.5. The minimum atomic E-state index is -6.72. The standard InChI is InChI=1S/C6H9F5O3S.CH4/c1-3-4(2)14-5(7,8)6(9,10)15(11,12)13;/h4H,3H2,1-2H3;1H4. The van der Waals surface area contributed by atoms with Gasteiger partial charge >= 0.3 is 21.6 Å². The molecule has 0 spiro atoms. The van der Waals surface area contributed by atoms with E-state index in [1.807, 2.05) is 0 Å². The van der Waals surface area contributed by atoms with E-state index in [0.717, 1.165) is 6.92 Å². The first kappa shape index (κ1) is 17.9. The molecular weight excluding hydrogens is 259 g/mol. The van der Waals surface area contributed by atoms with Gasteiger partial charge in [-0.1, -0.05) is 18.2 Å². The maximum absolute atomic E-state index is 12.5. The van der Waals surface area contributed by atoms with Crippen LogP contribution in [0, 0.1) is 0 Å². The van der Waals surface area contributed by atoms with E-state index in [1.54, 1.807) is 0 Å². The number of ether oxygens (including phenoxy) is 1. The number of hydrogen-bond acceptors (Lipinski definition) is 3. The predicted octanol–water partition coefficient (Wildman–Crippen LogP) is 2.92. The molecule has 0 aromatic carbocycles. The van der Waals surface area contributed by atoms with Crippen molar-refractivity contribution in [2.45, 2.75) is 45.2 Å². The van der Waals surface area contributed by atoms with E-state index in [1.165, 1.54) is 6.92 Å². The molecule has 0 N–H and O–H groups in total. The molecular formula is C7H13F5O3S. The van der Waals surface area contributed by atoms with Crippen LogP contribution in [-0.4, -0.2) is 25.9 Å². The van der Waals surface area contributed by atoms with Crippen LogP contribution >= 0.6 is 0 Å². The Kier molecular flexibility index (Phi) is 5.90. The molecule has 0 saturated heterocycles. The summed E-state index contributed by atoms with van der Waals surface area (Å²) >= 11 is 0. The van der Waals surface area contributed by atoms with Crippen molar-refractivity contribution < 1.29 is 34.6 Å². The second-order valence-corrected chi connectivity index (χ2v) is 4.20. The number of rotatable bonds is 5. The highest BCUT2D eigenvalue weighted by atomic mass is 32.3. The van der Waals surface area contributed by atoms with E-state index >= 15 is 0 Å². The van der Waals surface area contributed by atoms with Gasteiger partial charge in [0.2, 0.25) is 0 Å². The Balaban J connectivity index is 0. The molecule has 0 aromatic rings. The zero-order valence-corrected chi connectivity index (χ0v) is 8.62. The summed E-state index contributed by atoms with van der Waals surface area (Å²) in [4.78, 5) is 0. The number of halogens is 5. The van der Waals surface area contributed by atoms with Crippen molar-refractivity contribution in [3.8, 4) is 0 Å². The van der Waals surface area contributed by atoms with Gasteiger partial charge in [-0.25, -0.2) is 0 Å². The van der Waals surface area contributed by atoms with Gasteiger partial charge in [0.1, 0.15) is 0 Å². The molecule has 0 aliphatic heterocycles. The highest BCUT2D eigenvalue weighted by Crippen LogP contribution is 2.41. The van der Waals surface area contributed by atoms with Crippen molar-refractivity contribution in [3.63, 3.8) is 0 Å². The molecule has 16 heavy (non-hydrogen) atoms. The van der Waals surface area contributed by atoms with Gasteiger partial charge in [0.15, 0.2) is 0 Å². The van der Waals surface area contributed by atoms with E-state index in [9.17, 15) is 29.9 Å². The van der Waals surface area contributed by atoms with Crippen molar-refractivity contribution in [1.29, 1.82) is 0 Å². The quantitative estimate of drug-likeness (QED) is 0.571. The third-order valence-electron chi connectivity index (χ3n) is 1.57. The minimum absolute atomic E-state index is 0. The van der Waals surface area contributed by atoms with Gasteiger partial charge in [-0.05, 0) is 13.3 Å². The number of hydrogen-bond donors (Lipinski definition) is 0. The second kappa shape index (κ2) is 5.26. The zero-order chi connectivity index (χ0) is 12.5. The van der Waals surface area contributed by atoms with Gasteiger partial charge in [0, 0.05) is 0 Å². The Bertz CT molecular complexity index is 314. The molecule has 1 unspecified atom stereocenters. The second-order valence-electron chi connectivity index (χ2n) is 2.81. The molecule has 3 nitrogen and oxygen atoms in total.